The molecule has 1 aliphatic heterocycles. The SMILES string of the molecule is CCc1nc(CN2CCCC2CC(=O)O)no1. The highest BCUT2D eigenvalue weighted by atomic mass is 16.5. The summed E-state index contributed by atoms with van der Waals surface area (Å²) in [6.45, 7) is 3.45. The summed E-state index contributed by atoms with van der Waals surface area (Å²) in [5.74, 6) is 0.539. The van der Waals surface area contributed by atoms with Crippen molar-refractivity contribution in [1.29, 1.82) is 0 Å². The Labute approximate surface area is 99.6 Å². The molecule has 0 radical (unpaired) electrons. The number of carboxylic acid groups (broad SMARTS) is 1. The molecule has 1 N–H and O–H groups in total. The standard InChI is InChI=1S/C11H17N3O3/c1-2-10-12-9(13-17-10)7-14-5-3-4-8(14)6-11(15)16/h8H,2-7H2,1H3,(H,15,16). The summed E-state index contributed by atoms with van der Waals surface area (Å²) >= 11 is 0. The van der Waals surface area contributed by atoms with E-state index in [2.05, 4.69) is 15.0 Å². The Morgan fingerprint density at radius 3 is 3.12 bits per heavy atom. The molecule has 0 bridgehead atoms. The van der Waals surface area contributed by atoms with Gasteiger partial charge in [0.1, 0.15) is 0 Å². The molecule has 1 aromatic rings. The van der Waals surface area contributed by atoms with Gasteiger partial charge in [-0.25, -0.2) is 0 Å². The van der Waals surface area contributed by atoms with Gasteiger partial charge in [0.25, 0.3) is 0 Å². The third kappa shape index (κ3) is 3.03. The van der Waals surface area contributed by atoms with E-state index >= 15 is 0 Å². The van der Waals surface area contributed by atoms with E-state index in [0.29, 0.717) is 18.3 Å². The molecule has 1 fully saturated rings. The van der Waals surface area contributed by atoms with Crippen LogP contribution in [-0.4, -0.2) is 38.7 Å². The molecule has 6 heteroatoms. The molecule has 1 atom stereocenters. The summed E-state index contributed by atoms with van der Waals surface area (Å²) in [6, 6.07) is 0.107. The summed E-state index contributed by atoms with van der Waals surface area (Å²) in [4.78, 5) is 17.1. The van der Waals surface area contributed by atoms with Gasteiger partial charge in [0.15, 0.2) is 5.82 Å². The zero-order chi connectivity index (χ0) is 12.3. The third-order valence-corrected chi connectivity index (χ3v) is 3.07. The predicted octanol–water partition coefficient (Wildman–Crippen LogP) is 1.07. The summed E-state index contributed by atoms with van der Waals surface area (Å²) in [5.41, 5.74) is 0. The number of rotatable bonds is 5. The maximum Gasteiger partial charge on any atom is 0.304 e. The molecule has 1 saturated heterocycles. The molecular formula is C11H17N3O3. The molecule has 1 aliphatic rings. The second-order valence-electron chi connectivity index (χ2n) is 4.32. The second-order valence-corrected chi connectivity index (χ2v) is 4.32. The van der Waals surface area contributed by atoms with Gasteiger partial charge in [-0.1, -0.05) is 12.1 Å². The van der Waals surface area contributed by atoms with Gasteiger partial charge in [-0.2, -0.15) is 4.98 Å². The smallest absolute Gasteiger partial charge is 0.304 e. The van der Waals surface area contributed by atoms with E-state index in [9.17, 15) is 4.79 Å². The number of nitrogens with zero attached hydrogens (tertiary/aromatic N) is 3. The molecule has 1 aromatic heterocycles. The van der Waals surface area contributed by atoms with Crippen molar-refractivity contribution in [3.8, 4) is 0 Å². The van der Waals surface area contributed by atoms with Crippen LogP contribution in [0.15, 0.2) is 4.52 Å². The van der Waals surface area contributed by atoms with Gasteiger partial charge in [-0.3, -0.25) is 9.69 Å². The van der Waals surface area contributed by atoms with E-state index < -0.39 is 5.97 Å². The zero-order valence-electron chi connectivity index (χ0n) is 9.93. The molecule has 0 spiro atoms. The zero-order valence-corrected chi connectivity index (χ0v) is 9.93. The predicted molar refractivity (Wildman–Crippen MR) is 59.4 cm³/mol. The number of likely N-dealkylation sites (tertiary alicyclic amines) is 1. The van der Waals surface area contributed by atoms with Gasteiger partial charge in [-0.05, 0) is 19.4 Å². The van der Waals surface area contributed by atoms with Crippen LogP contribution in [0.1, 0.15) is 37.9 Å². The number of hydrogen-bond donors (Lipinski definition) is 1. The average Bonchev–Trinajstić information content (AvgIpc) is 2.89. The minimum Gasteiger partial charge on any atom is -0.481 e. The van der Waals surface area contributed by atoms with E-state index in [1.807, 2.05) is 6.92 Å². The van der Waals surface area contributed by atoms with Crippen LogP contribution in [0.25, 0.3) is 0 Å². The number of hydrogen-bond acceptors (Lipinski definition) is 5. The molecule has 17 heavy (non-hydrogen) atoms. The number of carbonyl (C=O) groups is 1. The van der Waals surface area contributed by atoms with Crippen molar-refractivity contribution in [2.75, 3.05) is 6.54 Å². The first kappa shape index (κ1) is 12.0. The largest absolute Gasteiger partial charge is 0.481 e. The lowest BCUT2D eigenvalue weighted by molar-refractivity contribution is -0.138. The summed E-state index contributed by atoms with van der Waals surface area (Å²) in [5, 5.41) is 12.7. The Morgan fingerprint density at radius 2 is 2.47 bits per heavy atom. The number of aryl methyl sites for hydroxylation is 1. The van der Waals surface area contributed by atoms with Crippen LogP contribution in [0, 0.1) is 0 Å². The van der Waals surface area contributed by atoms with E-state index in [1.165, 1.54) is 0 Å². The van der Waals surface area contributed by atoms with Gasteiger partial charge in [0.2, 0.25) is 5.89 Å². The maximum absolute atomic E-state index is 10.7. The van der Waals surface area contributed by atoms with Gasteiger partial charge in [0, 0.05) is 12.5 Å². The monoisotopic (exact) mass is 239 g/mol. The highest BCUT2D eigenvalue weighted by Crippen LogP contribution is 2.21. The molecule has 0 aliphatic carbocycles. The Kier molecular flexibility index (Phi) is 3.73. The Hall–Kier alpha value is -1.43. The number of aromatic nitrogens is 2. The summed E-state index contributed by atoms with van der Waals surface area (Å²) < 4.78 is 5.04. The fourth-order valence-electron chi connectivity index (χ4n) is 2.22. The first-order chi connectivity index (χ1) is 8.19. The van der Waals surface area contributed by atoms with Crippen LogP contribution in [0.5, 0.6) is 0 Å². The van der Waals surface area contributed by atoms with Crippen molar-refractivity contribution in [2.24, 2.45) is 0 Å². The first-order valence-corrected chi connectivity index (χ1v) is 5.96. The summed E-state index contributed by atoms with van der Waals surface area (Å²) in [6.07, 6.45) is 2.89. The van der Waals surface area contributed by atoms with Gasteiger partial charge < -0.3 is 9.63 Å². The normalized spacial score (nSPS) is 20.9. The third-order valence-electron chi connectivity index (χ3n) is 3.07. The van der Waals surface area contributed by atoms with Gasteiger partial charge >= 0.3 is 5.97 Å². The average molecular weight is 239 g/mol. The lowest BCUT2D eigenvalue weighted by Crippen LogP contribution is -2.31. The minimum atomic E-state index is -0.746. The van der Waals surface area contributed by atoms with Crippen LogP contribution in [0.3, 0.4) is 0 Å². The first-order valence-electron chi connectivity index (χ1n) is 5.96. The fourth-order valence-corrected chi connectivity index (χ4v) is 2.22. The van der Waals surface area contributed by atoms with Crippen molar-refractivity contribution in [1.82, 2.24) is 15.0 Å². The highest BCUT2D eigenvalue weighted by Gasteiger charge is 2.27. The van der Waals surface area contributed by atoms with Crippen molar-refractivity contribution in [3.05, 3.63) is 11.7 Å². The van der Waals surface area contributed by atoms with E-state index in [4.69, 9.17) is 9.63 Å². The van der Waals surface area contributed by atoms with Crippen molar-refractivity contribution >= 4 is 5.97 Å². The van der Waals surface area contributed by atoms with Crippen LogP contribution in [0.4, 0.5) is 0 Å². The molecule has 6 nitrogen and oxygen atoms in total. The second kappa shape index (κ2) is 5.27. The van der Waals surface area contributed by atoms with Crippen LogP contribution < -0.4 is 0 Å². The summed E-state index contributed by atoms with van der Waals surface area (Å²) in [7, 11) is 0. The molecule has 0 amide bonds. The Balaban J connectivity index is 1.95. The minimum absolute atomic E-state index is 0.107. The van der Waals surface area contributed by atoms with E-state index in [1.54, 1.807) is 0 Å². The highest BCUT2D eigenvalue weighted by molar-refractivity contribution is 5.67. The molecule has 1 unspecified atom stereocenters. The number of carboxylic acids is 1. The van der Waals surface area contributed by atoms with Crippen molar-refractivity contribution < 1.29 is 14.4 Å². The van der Waals surface area contributed by atoms with Crippen LogP contribution >= 0.6 is 0 Å². The van der Waals surface area contributed by atoms with Crippen molar-refractivity contribution in [3.63, 3.8) is 0 Å². The van der Waals surface area contributed by atoms with Gasteiger partial charge in [-0.15, -0.1) is 0 Å². The van der Waals surface area contributed by atoms with Gasteiger partial charge in [0.05, 0.1) is 13.0 Å². The molecule has 94 valence electrons. The quantitative estimate of drug-likeness (QED) is 0.828. The lowest BCUT2D eigenvalue weighted by atomic mass is 10.1. The van der Waals surface area contributed by atoms with E-state index in [-0.39, 0.29) is 12.5 Å². The molecular weight excluding hydrogens is 222 g/mol. The molecule has 0 saturated carbocycles. The Morgan fingerprint density at radius 1 is 1.65 bits per heavy atom. The lowest BCUT2D eigenvalue weighted by Gasteiger charge is -2.20. The Bertz CT molecular complexity index is 391. The van der Waals surface area contributed by atoms with Crippen molar-refractivity contribution in [2.45, 2.75) is 45.2 Å². The van der Waals surface area contributed by atoms with Crippen LogP contribution in [-0.2, 0) is 17.8 Å². The van der Waals surface area contributed by atoms with E-state index in [0.717, 1.165) is 25.8 Å². The molecule has 0 aromatic carbocycles. The number of aliphatic carboxylic acids is 1. The van der Waals surface area contributed by atoms with Crippen LogP contribution in [0.2, 0.25) is 0 Å². The maximum atomic E-state index is 10.7. The molecule has 2 rings (SSSR count). The fraction of sp³-hybridized carbons (Fsp3) is 0.727. The topological polar surface area (TPSA) is 79.5 Å². The molecule has 2 heterocycles.